The van der Waals surface area contributed by atoms with E-state index in [0.29, 0.717) is 15.1 Å². The summed E-state index contributed by atoms with van der Waals surface area (Å²) in [5.41, 5.74) is 4.58. The molecule has 0 saturated carbocycles. The standard InChI is InChI=1S/C12H11Cl3N2S/c1-6-5-18-12(10(6)15)11(17-16)8-4-7(13)2-3-9(8)14/h2-5,11,17H,16H2,1H3. The molecule has 0 aliphatic rings. The summed E-state index contributed by atoms with van der Waals surface area (Å²) in [4.78, 5) is 0.931. The first kappa shape index (κ1) is 14.1. The maximum absolute atomic E-state index is 6.26. The minimum atomic E-state index is -0.262. The summed E-state index contributed by atoms with van der Waals surface area (Å²) in [5.74, 6) is 5.63. The van der Waals surface area contributed by atoms with Gasteiger partial charge in [0.2, 0.25) is 0 Å². The minimum Gasteiger partial charge on any atom is -0.271 e. The predicted molar refractivity (Wildman–Crippen MR) is 79.7 cm³/mol. The first-order valence-electron chi connectivity index (χ1n) is 5.19. The second-order valence-corrected chi connectivity index (χ2v) is 6.00. The van der Waals surface area contributed by atoms with Crippen LogP contribution >= 0.6 is 46.1 Å². The monoisotopic (exact) mass is 320 g/mol. The summed E-state index contributed by atoms with van der Waals surface area (Å²) in [6, 6.07) is 5.02. The summed E-state index contributed by atoms with van der Waals surface area (Å²) in [5, 5.41) is 3.91. The van der Waals surface area contributed by atoms with E-state index in [-0.39, 0.29) is 6.04 Å². The summed E-state index contributed by atoms with van der Waals surface area (Å²) in [7, 11) is 0. The van der Waals surface area contributed by atoms with E-state index < -0.39 is 0 Å². The zero-order valence-electron chi connectivity index (χ0n) is 9.51. The molecule has 0 fully saturated rings. The van der Waals surface area contributed by atoms with Gasteiger partial charge in [0.15, 0.2) is 0 Å². The van der Waals surface area contributed by atoms with Crippen molar-refractivity contribution in [2.45, 2.75) is 13.0 Å². The number of aryl methyl sites for hydroxylation is 1. The van der Waals surface area contributed by atoms with E-state index in [1.54, 1.807) is 29.5 Å². The molecule has 18 heavy (non-hydrogen) atoms. The number of thiophene rings is 1. The Balaban J connectivity index is 2.51. The van der Waals surface area contributed by atoms with Crippen molar-refractivity contribution < 1.29 is 0 Å². The molecule has 1 atom stereocenters. The molecule has 0 bridgehead atoms. The highest BCUT2D eigenvalue weighted by Crippen LogP contribution is 2.38. The topological polar surface area (TPSA) is 38.0 Å². The van der Waals surface area contributed by atoms with E-state index in [2.05, 4.69) is 5.43 Å². The van der Waals surface area contributed by atoms with Gasteiger partial charge in [-0.3, -0.25) is 5.84 Å². The largest absolute Gasteiger partial charge is 0.271 e. The third kappa shape index (κ3) is 2.67. The molecule has 1 heterocycles. The van der Waals surface area contributed by atoms with Crippen LogP contribution in [0.5, 0.6) is 0 Å². The molecule has 0 saturated heterocycles. The van der Waals surface area contributed by atoms with Crippen LogP contribution < -0.4 is 11.3 Å². The molecule has 1 unspecified atom stereocenters. The van der Waals surface area contributed by atoms with Gasteiger partial charge in [-0.05, 0) is 41.6 Å². The van der Waals surface area contributed by atoms with Crippen LogP contribution in [0, 0.1) is 6.92 Å². The maximum Gasteiger partial charge on any atom is 0.0832 e. The molecule has 1 aromatic heterocycles. The highest BCUT2D eigenvalue weighted by atomic mass is 35.5. The lowest BCUT2D eigenvalue weighted by Crippen LogP contribution is -2.28. The van der Waals surface area contributed by atoms with Crippen LogP contribution in [0.4, 0.5) is 0 Å². The third-order valence-electron chi connectivity index (χ3n) is 2.62. The third-order valence-corrected chi connectivity index (χ3v) is 4.98. The van der Waals surface area contributed by atoms with Crippen molar-refractivity contribution in [2.75, 3.05) is 0 Å². The summed E-state index contributed by atoms with van der Waals surface area (Å²) in [6.45, 7) is 1.95. The van der Waals surface area contributed by atoms with Crippen LogP contribution in [0.3, 0.4) is 0 Å². The van der Waals surface area contributed by atoms with Gasteiger partial charge in [0, 0.05) is 14.9 Å². The van der Waals surface area contributed by atoms with Gasteiger partial charge in [-0.2, -0.15) is 0 Å². The zero-order chi connectivity index (χ0) is 13.3. The fraction of sp³-hybridized carbons (Fsp3) is 0.167. The smallest absolute Gasteiger partial charge is 0.0832 e. The number of rotatable bonds is 3. The number of hydrogen-bond donors (Lipinski definition) is 2. The Labute approximate surface area is 125 Å². The average Bonchev–Trinajstić information content (AvgIpc) is 2.67. The molecule has 2 nitrogen and oxygen atoms in total. The van der Waals surface area contributed by atoms with Crippen LogP contribution in [-0.4, -0.2) is 0 Å². The maximum atomic E-state index is 6.26. The number of hydrazine groups is 1. The fourth-order valence-electron chi connectivity index (χ4n) is 1.69. The normalized spacial score (nSPS) is 12.7. The number of benzene rings is 1. The Hall–Kier alpha value is -0.290. The molecule has 0 aliphatic heterocycles. The first-order valence-corrected chi connectivity index (χ1v) is 7.20. The Bertz CT molecular complexity index is 568. The van der Waals surface area contributed by atoms with Gasteiger partial charge in [0.05, 0.1) is 11.1 Å². The molecule has 0 amide bonds. The van der Waals surface area contributed by atoms with Crippen molar-refractivity contribution in [3.63, 3.8) is 0 Å². The minimum absolute atomic E-state index is 0.262. The highest BCUT2D eigenvalue weighted by Gasteiger charge is 2.21. The van der Waals surface area contributed by atoms with Crippen molar-refractivity contribution >= 4 is 46.1 Å². The highest BCUT2D eigenvalue weighted by molar-refractivity contribution is 7.10. The number of halogens is 3. The number of nitrogens with two attached hydrogens (primary N) is 1. The molecule has 0 aliphatic carbocycles. The van der Waals surface area contributed by atoms with Crippen molar-refractivity contribution in [3.05, 3.63) is 54.7 Å². The van der Waals surface area contributed by atoms with Gasteiger partial charge >= 0.3 is 0 Å². The SMILES string of the molecule is Cc1csc(C(NN)c2cc(Cl)ccc2Cl)c1Cl. The van der Waals surface area contributed by atoms with E-state index in [0.717, 1.165) is 16.0 Å². The van der Waals surface area contributed by atoms with Gasteiger partial charge in [-0.25, -0.2) is 5.43 Å². The second-order valence-electron chi connectivity index (χ2n) is 3.86. The lowest BCUT2D eigenvalue weighted by molar-refractivity contribution is 0.647. The van der Waals surface area contributed by atoms with Crippen LogP contribution in [0.2, 0.25) is 15.1 Å². The van der Waals surface area contributed by atoms with E-state index in [1.165, 1.54) is 0 Å². The Morgan fingerprint density at radius 3 is 2.56 bits per heavy atom. The molecule has 6 heteroatoms. The molecular weight excluding hydrogens is 311 g/mol. The number of nitrogens with one attached hydrogen (secondary N) is 1. The van der Waals surface area contributed by atoms with E-state index in [4.69, 9.17) is 40.6 Å². The van der Waals surface area contributed by atoms with E-state index >= 15 is 0 Å². The van der Waals surface area contributed by atoms with Crippen molar-refractivity contribution in [3.8, 4) is 0 Å². The van der Waals surface area contributed by atoms with Crippen molar-refractivity contribution in [2.24, 2.45) is 5.84 Å². The molecule has 1 aromatic carbocycles. The fourth-order valence-corrected chi connectivity index (χ4v) is 3.47. The van der Waals surface area contributed by atoms with E-state index in [9.17, 15) is 0 Å². The lowest BCUT2D eigenvalue weighted by Gasteiger charge is -2.17. The zero-order valence-corrected chi connectivity index (χ0v) is 12.6. The first-order chi connectivity index (χ1) is 8.54. The van der Waals surface area contributed by atoms with Crippen LogP contribution in [0.1, 0.15) is 22.0 Å². The lowest BCUT2D eigenvalue weighted by atomic mass is 10.1. The summed E-state index contributed by atoms with van der Waals surface area (Å²) < 4.78 is 0. The van der Waals surface area contributed by atoms with Crippen molar-refractivity contribution in [1.82, 2.24) is 5.43 Å². The van der Waals surface area contributed by atoms with Gasteiger partial charge in [0.1, 0.15) is 0 Å². The molecule has 2 rings (SSSR count). The molecule has 0 spiro atoms. The molecular formula is C12H11Cl3N2S. The van der Waals surface area contributed by atoms with Crippen LogP contribution in [0.25, 0.3) is 0 Å². The Morgan fingerprint density at radius 2 is 2.00 bits per heavy atom. The molecule has 96 valence electrons. The Morgan fingerprint density at radius 1 is 1.28 bits per heavy atom. The molecule has 2 aromatic rings. The van der Waals surface area contributed by atoms with Crippen molar-refractivity contribution in [1.29, 1.82) is 0 Å². The quantitative estimate of drug-likeness (QED) is 0.642. The van der Waals surface area contributed by atoms with E-state index in [1.807, 2.05) is 12.3 Å². The molecule has 3 N–H and O–H groups in total. The number of hydrogen-bond acceptors (Lipinski definition) is 3. The van der Waals surface area contributed by atoms with Gasteiger partial charge in [0.25, 0.3) is 0 Å². The van der Waals surface area contributed by atoms with Gasteiger partial charge in [-0.15, -0.1) is 11.3 Å². The average molecular weight is 322 g/mol. The van der Waals surface area contributed by atoms with Gasteiger partial charge < -0.3 is 0 Å². The Kier molecular flexibility index (Phi) is 4.54. The summed E-state index contributed by atoms with van der Waals surface area (Å²) >= 11 is 20.0. The van der Waals surface area contributed by atoms with Crippen LogP contribution in [0.15, 0.2) is 23.6 Å². The van der Waals surface area contributed by atoms with Crippen LogP contribution in [-0.2, 0) is 0 Å². The molecule has 0 radical (unpaired) electrons. The van der Waals surface area contributed by atoms with Gasteiger partial charge in [-0.1, -0.05) is 34.8 Å². The second kappa shape index (κ2) is 5.78. The summed E-state index contributed by atoms with van der Waals surface area (Å²) in [6.07, 6.45) is 0. The predicted octanol–water partition coefficient (Wildman–Crippen LogP) is 4.57.